The quantitative estimate of drug-likeness (QED) is 0.343. The molecule has 0 saturated heterocycles. The Labute approximate surface area is 122 Å². The summed E-state index contributed by atoms with van der Waals surface area (Å²) in [7, 11) is 0. The normalized spacial score (nSPS) is 10.3. The Hall–Kier alpha value is -0.950. The number of ether oxygens (including phenoxy) is 1. The standard InChI is InChI=1S/C12H19N3O2S2/c1-4-6-13-9-7-10(15-12(14-9)18-3)19-8-11(16)17-5-2/h7H,4-6,8H2,1-3H3,(H,13,14,15). The second-order valence-electron chi connectivity index (χ2n) is 3.60. The van der Waals surface area contributed by atoms with E-state index in [4.69, 9.17) is 4.74 Å². The zero-order valence-electron chi connectivity index (χ0n) is 11.4. The van der Waals surface area contributed by atoms with Gasteiger partial charge in [-0.15, -0.1) is 0 Å². The molecule has 7 heteroatoms. The number of hydrogen-bond donors (Lipinski definition) is 1. The molecule has 1 heterocycles. The van der Waals surface area contributed by atoms with Gasteiger partial charge in [0.25, 0.3) is 0 Å². The van der Waals surface area contributed by atoms with Crippen LogP contribution < -0.4 is 5.32 Å². The molecule has 106 valence electrons. The van der Waals surface area contributed by atoms with Gasteiger partial charge in [-0.3, -0.25) is 4.79 Å². The molecule has 5 nitrogen and oxygen atoms in total. The van der Waals surface area contributed by atoms with Gasteiger partial charge >= 0.3 is 5.97 Å². The minimum Gasteiger partial charge on any atom is -0.465 e. The lowest BCUT2D eigenvalue weighted by Crippen LogP contribution is -2.07. The fourth-order valence-corrected chi connectivity index (χ4v) is 2.38. The molecule has 0 atom stereocenters. The van der Waals surface area contributed by atoms with E-state index in [9.17, 15) is 4.79 Å². The Kier molecular flexibility index (Phi) is 7.66. The van der Waals surface area contributed by atoms with Crippen LogP contribution in [0.2, 0.25) is 0 Å². The molecular formula is C12H19N3O2S2. The highest BCUT2D eigenvalue weighted by molar-refractivity contribution is 8.00. The zero-order chi connectivity index (χ0) is 14.1. The number of nitrogens with one attached hydrogen (secondary N) is 1. The Morgan fingerprint density at radius 3 is 2.84 bits per heavy atom. The van der Waals surface area contributed by atoms with Crippen molar-refractivity contribution in [2.45, 2.75) is 30.5 Å². The lowest BCUT2D eigenvalue weighted by atomic mass is 10.4. The SMILES string of the molecule is CCCNc1cc(SCC(=O)OCC)nc(SC)n1. The van der Waals surface area contributed by atoms with E-state index in [1.807, 2.05) is 12.3 Å². The predicted octanol–water partition coefficient (Wildman–Crippen LogP) is 2.68. The largest absolute Gasteiger partial charge is 0.465 e. The molecule has 0 unspecified atom stereocenters. The summed E-state index contributed by atoms with van der Waals surface area (Å²) >= 11 is 2.85. The number of carbonyl (C=O) groups is 1. The summed E-state index contributed by atoms with van der Waals surface area (Å²) in [5.41, 5.74) is 0. The van der Waals surface area contributed by atoms with Gasteiger partial charge in [0.05, 0.1) is 12.4 Å². The Morgan fingerprint density at radius 1 is 1.42 bits per heavy atom. The number of thioether (sulfide) groups is 2. The molecule has 0 amide bonds. The van der Waals surface area contributed by atoms with E-state index in [1.165, 1.54) is 23.5 Å². The number of carbonyl (C=O) groups excluding carboxylic acids is 1. The van der Waals surface area contributed by atoms with Crippen molar-refractivity contribution in [3.8, 4) is 0 Å². The van der Waals surface area contributed by atoms with Gasteiger partial charge in [0.1, 0.15) is 10.8 Å². The summed E-state index contributed by atoms with van der Waals surface area (Å²) in [6, 6.07) is 1.86. The topological polar surface area (TPSA) is 64.1 Å². The van der Waals surface area contributed by atoms with Gasteiger partial charge in [-0.2, -0.15) is 0 Å². The molecule has 1 N–H and O–H groups in total. The summed E-state index contributed by atoms with van der Waals surface area (Å²) in [5, 5.41) is 4.71. The van der Waals surface area contributed by atoms with Crippen LogP contribution in [0.15, 0.2) is 16.2 Å². The molecule has 0 aliphatic rings. The van der Waals surface area contributed by atoms with Crippen molar-refractivity contribution in [1.82, 2.24) is 9.97 Å². The number of nitrogens with zero attached hydrogens (tertiary/aromatic N) is 2. The van der Waals surface area contributed by atoms with E-state index >= 15 is 0 Å². The van der Waals surface area contributed by atoms with E-state index in [0.29, 0.717) is 11.8 Å². The fourth-order valence-electron chi connectivity index (χ4n) is 1.25. The highest BCUT2D eigenvalue weighted by Crippen LogP contribution is 2.22. The molecule has 1 rings (SSSR count). The van der Waals surface area contributed by atoms with Crippen molar-refractivity contribution in [2.75, 3.05) is 30.5 Å². The van der Waals surface area contributed by atoms with Crippen LogP contribution in [0.3, 0.4) is 0 Å². The van der Waals surface area contributed by atoms with Crippen molar-refractivity contribution in [3.05, 3.63) is 6.07 Å². The van der Waals surface area contributed by atoms with Crippen molar-refractivity contribution < 1.29 is 9.53 Å². The van der Waals surface area contributed by atoms with Gasteiger partial charge in [0, 0.05) is 12.6 Å². The molecule has 1 aromatic heterocycles. The number of anilines is 1. The highest BCUT2D eigenvalue weighted by atomic mass is 32.2. The molecule has 0 spiro atoms. The minimum atomic E-state index is -0.222. The van der Waals surface area contributed by atoms with Gasteiger partial charge in [-0.05, 0) is 19.6 Å². The first kappa shape index (κ1) is 16.1. The Bertz CT molecular complexity index is 416. The molecule has 0 aliphatic heterocycles. The maximum Gasteiger partial charge on any atom is 0.316 e. The maximum absolute atomic E-state index is 11.3. The summed E-state index contributed by atoms with van der Waals surface area (Å²) in [6.07, 6.45) is 2.96. The average Bonchev–Trinajstić information content (AvgIpc) is 2.43. The van der Waals surface area contributed by atoms with Crippen molar-refractivity contribution >= 4 is 35.3 Å². The second kappa shape index (κ2) is 9.03. The van der Waals surface area contributed by atoms with Crippen molar-refractivity contribution in [3.63, 3.8) is 0 Å². The number of hydrogen-bond acceptors (Lipinski definition) is 7. The maximum atomic E-state index is 11.3. The van der Waals surface area contributed by atoms with Gasteiger partial charge in [-0.25, -0.2) is 9.97 Å². The molecule has 0 aromatic carbocycles. The summed E-state index contributed by atoms with van der Waals surface area (Å²) in [5.74, 6) is 0.846. The zero-order valence-corrected chi connectivity index (χ0v) is 13.1. The van der Waals surface area contributed by atoms with Gasteiger partial charge in [-0.1, -0.05) is 30.4 Å². The third kappa shape index (κ3) is 6.15. The number of aromatic nitrogens is 2. The third-order valence-electron chi connectivity index (χ3n) is 2.06. The smallest absolute Gasteiger partial charge is 0.316 e. The van der Waals surface area contributed by atoms with Crippen LogP contribution in [-0.2, 0) is 9.53 Å². The lowest BCUT2D eigenvalue weighted by molar-refractivity contribution is -0.139. The molecule has 19 heavy (non-hydrogen) atoms. The highest BCUT2D eigenvalue weighted by Gasteiger charge is 2.08. The number of rotatable bonds is 8. The molecule has 0 saturated carbocycles. The van der Waals surface area contributed by atoms with Crippen molar-refractivity contribution in [2.24, 2.45) is 0 Å². The molecule has 0 bridgehead atoms. The van der Waals surface area contributed by atoms with E-state index < -0.39 is 0 Å². The van der Waals surface area contributed by atoms with Crippen LogP contribution in [0.25, 0.3) is 0 Å². The molecule has 1 aromatic rings. The Balaban J connectivity index is 2.67. The van der Waals surface area contributed by atoms with Crippen LogP contribution in [0.4, 0.5) is 5.82 Å². The first-order valence-electron chi connectivity index (χ1n) is 6.15. The third-order valence-corrected chi connectivity index (χ3v) is 3.50. The fraction of sp³-hybridized carbons (Fsp3) is 0.583. The number of esters is 1. The van der Waals surface area contributed by atoms with Crippen LogP contribution >= 0.6 is 23.5 Å². The molecule has 0 aliphatic carbocycles. The first-order valence-corrected chi connectivity index (χ1v) is 8.36. The first-order chi connectivity index (χ1) is 9.19. The van der Waals surface area contributed by atoms with Crippen LogP contribution in [0.1, 0.15) is 20.3 Å². The summed E-state index contributed by atoms with van der Waals surface area (Å²) in [4.78, 5) is 20.0. The van der Waals surface area contributed by atoms with Crippen molar-refractivity contribution in [1.29, 1.82) is 0 Å². The van der Waals surface area contributed by atoms with E-state index in [-0.39, 0.29) is 11.7 Å². The molecular weight excluding hydrogens is 282 g/mol. The average molecular weight is 301 g/mol. The van der Waals surface area contributed by atoms with Gasteiger partial charge in [0.2, 0.25) is 0 Å². The Morgan fingerprint density at radius 2 is 2.21 bits per heavy atom. The monoisotopic (exact) mass is 301 g/mol. The van der Waals surface area contributed by atoms with E-state index in [2.05, 4.69) is 22.2 Å². The predicted molar refractivity (Wildman–Crippen MR) is 80.0 cm³/mol. The van der Waals surface area contributed by atoms with E-state index in [1.54, 1.807) is 6.92 Å². The summed E-state index contributed by atoms with van der Waals surface area (Å²) in [6.45, 7) is 5.17. The van der Waals surface area contributed by atoms with E-state index in [0.717, 1.165) is 23.8 Å². The van der Waals surface area contributed by atoms with Crippen LogP contribution in [0, 0.1) is 0 Å². The minimum absolute atomic E-state index is 0.222. The second-order valence-corrected chi connectivity index (χ2v) is 5.37. The lowest BCUT2D eigenvalue weighted by Gasteiger charge is -2.08. The summed E-state index contributed by atoms with van der Waals surface area (Å²) < 4.78 is 4.89. The van der Waals surface area contributed by atoms with Crippen LogP contribution in [0.5, 0.6) is 0 Å². The van der Waals surface area contributed by atoms with Gasteiger partial charge in [0.15, 0.2) is 5.16 Å². The van der Waals surface area contributed by atoms with Crippen LogP contribution in [-0.4, -0.2) is 41.1 Å². The molecule has 0 radical (unpaired) electrons. The van der Waals surface area contributed by atoms with Gasteiger partial charge < -0.3 is 10.1 Å². The molecule has 0 fully saturated rings.